The van der Waals surface area contributed by atoms with Crippen molar-refractivity contribution in [2.75, 3.05) is 24.9 Å². The monoisotopic (exact) mass is 432 g/mol. The molecule has 0 aliphatic heterocycles. The highest BCUT2D eigenvalue weighted by Gasteiger charge is 2.16. The fourth-order valence-electron chi connectivity index (χ4n) is 2.37. The van der Waals surface area contributed by atoms with Crippen molar-refractivity contribution in [1.29, 1.82) is 0 Å². The predicted octanol–water partition coefficient (Wildman–Crippen LogP) is 2.82. The molecule has 2 aromatic rings. The minimum absolute atomic E-state index is 0.121. The first-order chi connectivity index (χ1) is 14.3. The number of amides is 3. The van der Waals surface area contributed by atoms with E-state index in [0.29, 0.717) is 27.9 Å². The highest BCUT2D eigenvalue weighted by atomic mass is 35.5. The average Bonchev–Trinajstić information content (AvgIpc) is 2.72. The van der Waals surface area contributed by atoms with E-state index in [1.165, 1.54) is 21.1 Å². The van der Waals surface area contributed by atoms with E-state index < -0.39 is 17.7 Å². The van der Waals surface area contributed by atoms with Crippen LogP contribution in [0.1, 0.15) is 13.3 Å². The minimum atomic E-state index is -0.989. The summed E-state index contributed by atoms with van der Waals surface area (Å²) in [5, 5.41) is 9.29. The lowest BCUT2D eigenvalue weighted by molar-refractivity contribution is -0.136. The molecular weight excluding hydrogens is 412 g/mol. The summed E-state index contributed by atoms with van der Waals surface area (Å²) in [6.07, 6.45) is -0.121. The van der Waals surface area contributed by atoms with Gasteiger partial charge in [0.1, 0.15) is 11.5 Å². The number of para-hydroxylation sites is 2. The van der Waals surface area contributed by atoms with Gasteiger partial charge in [0.2, 0.25) is 5.91 Å². The van der Waals surface area contributed by atoms with E-state index in [-0.39, 0.29) is 12.1 Å². The number of anilines is 2. The van der Waals surface area contributed by atoms with Crippen molar-refractivity contribution in [1.82, 2.24) is 5.43 Å². The summed E-state index contributed by atoms with van der Waals surface area (Å²) in [7, 11) is 2.92. The maximum atomic E-state index is 12.2. The zero-order chi connectivity index (χ0) is 22.1. The van der Waals surface area contributed by atoms with Crippen LogP contribution in [0.15, 0.2) is 47.6 Å². The second-order valence-corrected chi connectivity index (χ2v) is 6.45. The van der Waals surface area contributed by atoms with Crippen LogP contribution in [-0.4, -0.2) is 37.7 Å². The molecule has 9 nitrogen and oxygen atoms in total. The van der Waals surface area contributed by atoms with E-state index in [9.17, 15) is 14.4 Å². The molecule has 30 heavy (non-hydrogen) atoms. The Balaban J connectivity index is 1.91. The van der Waals surface area contributed by atoms with Crippen molar-refractivity contribution in [2.24, 2.45) is 5.10 Å². The highest BCUT2D eigenvalue weighted by Crippen LogP contribution is 2.27. The smallest absolute Gasteiger partial charge is 0.329 e. The molecule has 2 aromatic carbocycles. The molecular formula is C20H21ClN4O5. The van der Waals surface area contributed by atoms with E-state index in [0.717, 1.165) is 0 Å². The molecule has 0 aromatic heterocycles. The van der Waals surface area contributed by atoms with Crippen LogP contribution in [0.4, 0.5) is 11.4 Å². The van der Waals surface area contributed by atoms with Gasteiger partial charge in [-0.1, -0.05) is 23.7 Å². The Bertz CT molecular complexity index is 977. The summed E-state index contributed by atoms with van der Waals surface area (Å²) in [4.78, 5) is 36.1. The molecule has 0 saturated heterocycles. The summed E-state index contributed by atoms with van der Waals surface area (Å²) in [6, 6.07) is 11.5. The SMILES string of the molecule is COc1ccc(Cl)cc1NC(=O)C/C(C)=N/NC(=O)C(=O)Nc1ccccc1OC. The van der Waals surface area contributed by atoms with Gasteiger partial charge in [-0.05, 0) is 37.3 Å². The van der Waals surface area contributed by atoms with Crippen molar-refractivity contribution in [3.63, 3.8) is 0 Å². The van der Waals surface area contributed by atoms with Crippen molar-refractivity contribution < 1.29 is 23.9 Å². The molecule has 0 saturated carbocycles. The van der Waals surface area contributed by atoms with Crippen LogP contribution >= 0.6 is 11.6 Å². The van der Waals surface area contributed by atoms with Gasteiger partial charge >= 0.3 is 11.8 Å². The quantitative estimate of drug-likeness (QED) is 0.353. The molecule has 0 aliphatic rings. The second-order valence-electron chi connectivity index (χ2n) is 6.01. The van der Waals surface area contributed by atoms with E-state index in [4.69, 9.17) is 21.1 Å². The Morgan fingerprint density at radius 3 is 2.30 bits per heavy atom. The van der Waals surface area contributed by atoms with Crippen molar-refractivity contribution in [3.8, 4) is 11.5 Å². The summed E-state index contributed by atoms with van der Waals surface area (Å²) < 4.78 is 10.3. The molecule has 0 unspecified atom stereocenters. The minimum Gasteiger partial charge on any atom is -0.495 e. The number of methoxy groups -OCH3 is 2. The number of halogens is 1. The zero-order valence-electron chi connectivity index (χ0n) is 16.6. The number of hydrogen-bond acceptors (Lipinski definition) is 6. The number of carbonyl (C=O) groups is 3. The Morgan fingerprint density at radius 2 is 1.60 bits per heavy atom. The average molecular weight is 433 g/mol. The number of hydrazone groups is 1. The van der Waals surface area contributed by atoms with Crippen LogP contribution in [-0.2, 0) is 14.4 Å². The summed E-state index contributed by atoms with van der Waals surface area (Å²) in [6.45, 7) is 1.53. The van der Waals surface area contributed by atoms with Gasteiger partial charge in [-0.15, -0.1) is 0 Å². The van der Waals surface area contributed by atoms with Gasteiger partial charge in [0.25, 0.3) is 0 Å². The van der Waals surface area contributed by atoms with Gasteiger partial charge in [-0.2, -0.15) is 5.10 Å². The fraction of sp³-hybridized carbons (Fsp3) is 0.200. The molecule has 0 spiro atoms. The van der Waals surface area contributed by atoms with Gasteiger partial charge in [-0.25, -0.2) is 5.43 Å². The third kappa shape index (κ3) is 6.49. The Labute approximate surface area is 178 Å². The summed E-state index contributed by atoms with van der Waals surface area (Å²) in [5.74, 6) is -1.46. The number of benzene rings is 2. The van der Waals surface area contributed by atoms with Crippen LogP contribution in [0.25, 0.3) is 0 Å². The number of nitrogens with zero attached hydrogens (tertiary/aromatic N) is 1. The number of rotatable bonds is 7. The fourth-order valence-corrected chi connectivity index (χ4v) is 2.54. The first kappa shape index (κ1) is 22.7. The number of ether oxygens (including phenoxy) is 2. The molecule has 0 atom stereocenters. The summed E-state index contributed by atoms with van der Waals surface area (Å²) in [5.41, 5.74) is 3.14. The third-order valence-corrected chi connectivity index (χ3v) is 4.00. The van der Waals surface area contributed by atoms with Gasteiger partial charge in [0.15, 0.2) is 0 Å². The lowest BCUT2D eigenvalue weighted by Gasteiger charge is -2.10. The first-order valence-electron chi connectivity index (χ1n) is 8.75. The highest BCUT2D eigenvalue weighted by molar-refractivity contribution is 6.39. The third-order valence-electron chi connectivity index (χ3n) is 3.76. The number of hydrogen-bond donors (Lipinski definition) is 3. The molecule has 2 rings (SSSR count). The van der Waals surface area contributed by atoms with Crippen molar-refractivity contribution in [3.05, 3.63) is 47.5 Å². The molecule has 0 aliphatic carbocycles. The molecule has 3 amide bonds. The van der Waals surface area contributed by atoms with E-state index in [2.05, 4.69) is 21.2 Å². The van der Waals surface area contributed by atoms with Crippen LogP contribution in [0.5, 0.6) is 11.5 Å². The van der Waals surface area contributed by atoms with Crippen molar-refractivity contribution in [2.45, 2.75) is 13.3 Å². The largest absolute Gasteiger partial charge is 0.495 e. The van der Waals surface area contributed by atoms with Gasteiger partial charge in [0.05, 0.1) is 32.0 Å². The van der Waals surface area contributed by atoms with E-state index >= 15 is 0 Å². The Kier molecular flexibility index (Phi) is 8.18. The lowest BCUT2D eigenvalue weighted by atomic mass is 10.2. The standard InChI is InChI=1S/C20H21ClN4O5/c1-12(10-18(26)22-15-11-13(21)8-9-17(15)30-3)24-25-20(28)19(27)23-14-6-4-5-7-16(14)29-2/h4-9,11H,10H2,1-3H3,(H,22,26)(H,23,27)(H,25,28)/b24-12+. The van der Waals surface area contributed by atoms with Gasteiger partial charge < -0.3 is 20.1 Å². The number of carbonyl (C=O) groups excluding carboxylic acids is 3. The molecule has 158 valence electrons. The topological polar surface area (TPSA) is 118 Å². The maximum absolute atomic E-state index is 12.2. The molecule has 0 radical (unpaired) electrons. The van der Waals surface area contributed by atoms with Crippen LogP contribution in [0.3, 0.4) is 0 Å². The molecule has 0 bridgehead atoms. The Hall–Kier alpha value is -3.59. The Morgan fingerprint density at radius 1 is 0.933 bits per heavy atom. The first-order valence-corrected chi connectivity index (χ1v) is 9.12. The number of nitrogens with one attached hydrogen (secondary N) is 3. The van der Waals surface area contributed by atoms with E-state index in [1.807, 2.05) is 0 Å². The molecule has 10 heteroatoms. The molecule has 3 N–H and O–H groups in total. The molecule has 0 heterocycles. The van der Waals surface area contributed by atoms with Crippen LogP contribution < -0.4 is 25.5 Å². The van der Waals surface area contributed by atoms with Crippen LogP contribution in [0, 0.1) is 0 Å². The zero-order valence-corrected chi connectivity index (χ0v) is 17.4. The van der Waals surface area contributed by atoms with Gasteiger partial charge in [0, 0.05) is 10.7 Å². The normalized spacial score (nSPS) is 10.7. The van der Waals surface area contributed by atoms with Crippen LogP contribution in [0.2, 0.25) is 5.02 Å². The van der Waals surface area contributed by atoms with Crippen molar-refractivity contribution >= 4 is 46.4 Å². The van der Waals surface area contributed by atoms with Gasteiger partial charge in [-0.3, -0.25) is 14.4 Å². The predicted molar refractivity (Wildman–Crippen MR) is 114 cm³/mol. The lowest BCUT2D eigenvalue weighted by Crippen LogP contribution is -2.33. The summed E-state index contributed by atoms with van der Waals surface area (Å²) >= 11 is 5.93. The maximum Gasteiger partial charge on any atom is 0.329 e. The second kappa shape index (κ2) is 10.8. The molecule has 0 fully saturated rings. The van der Waals surface area contributed by atoms with E-state index in [1.54, 1.807) is 42.5 Å².